The topological polar surface area (TPSA) is 3.24 Å². The fourth-order valence-corrected chi connectivity index (χ4v) is 2.91. The third kappa shape index (κ3) is 3.98. The Hall–Kier alpha value is -2.25. The van der Waals surface area contributed by atoms with E-state index in [2.05, 4.69) is 16.7 Å². The molecule has 0 amide bonds. The monoisotopic (exact) mass is 329 g/mol. The largest absolute Gasteiger partial charge is 0.416 e. The van der Waals surface area contributed by atoms with Crippen molar-refractivity contribution in [2.45, 2.75) is 25.1 Å². The van der Waals surface area contributed by atoms with Gasteiger partial charge in [0.1, 0.15) is 0 Å². The van der Waals surface area contributed by atoms with E-state index in [0.29, 0.717) is 0 Å². The molecule has 3 rings (SSSR count). The first kappa shape index (κ1) is 16.6. The summed E-state index contributed by atoms with van der Waals surface area (Å²) in [6.07, 6.45) is -2.11. The first-order valence-electron chi connectivity index (χ1n) is 8.02. The minimum atomic E-state index is -4.31. The SMILES string of the molecule is FC(F)(F)c1ccc(C(C#Cc2ccccc2)N2CCCC2)cc1. The third-order valence-electron chi connectivity index (χ3n) is 4.19. The van der Waals surface area contributed by atoms with Gasteiger partial charge in [0.25, 0.3) is 0 Å². The highest BCUT2D eigenvalue weighted by Gasteiger charge is 2.30. The number of nitrogens with zero attached hydrogens (tertiary/aromatic N) is 1. The lowest BCUT2D eigenvalue weighted by Crippen LogP contribution is -2.24. The lowest BCUT2D eigenvalue weighted by atomic mass is 10.0. The van der Waals surface area contributed by atoms with Crippen LogP contribution in [-0.2, 0) is 6.18 Å². The smallest absolute Gasteiger partial charge is 0.286 e. The Balaban J connectivity index is 1.89. The van der Waals surface area contributed by atoms with Gasteiger partial charge in [-0.05, 0) is 55.8 Å². The Bertz CT molecular complexity index is 717. The van der Waals surface area contributed by atoms with E-state index in [0.717, 1.165) is 49.2 Å². The van der Waals surface area contributed by atoms with Crippen LogP contribution in [0.3, 0.4) is 0 Å². The van der Waals surface area contributed by atoms with Gasteiger partial charge in [-0.3, -0.25) is 4.90 Å². The van der Waals surface area contributed by atoms with Crippen LogP contribution < -0.4 is 0 Å². The molecule has 1 unspecified atom stereocenters. The molecule has 0 bridgehead atoms. The molecule has 0 N–H and O–H groups in total. The number of alkyl halides is 3. The zero-order valence-corrected chi connectivity index (χ0v) is 13.2. The summed E-state index contributed by atoms with van der Waals surface area (Å²) in [7, 11) is 0. The molecule has 1 fully saturated rings. The molecular formula is C20H18F3N. The fraction of sp³-hybridized carbons (Fsp3) is 0.300. The van der Waals surface area contributed by atoms with E-state index in [4.69, 9.17) is 0 Å². The van der Waals surface area contributed by atoms with E-state index in [9.17, 15) is 13.2 Å². The third-order valence-corrected chi connectivity index (χ3v) is 4.19. The quantitative estimate of drug-likeness (QED) is 0.709. The molecule has 1 atom stereocenters. The van der Waals surface area contributed by atoms with Gasteiger partial charge < -0.3 is 0 Å². The molecule has 0 spiro atoms. The highest BCUT2D eigenvalue weighted by Crippen LogP contribution is 2.31. The van der Waals surface area contributed by atoms with Gasteiger partial charge in [0.15, 0.2) is 0 Å². The Morgan fingerprint density at radius 1 is 0.875 bits per heavy atom. The number of benzene rings is 2. The van der Waals surface area contributed by atoms with Crippen molar-refractivity contribution in [3.8, 4) is 11.8 Å². The lowest BCUT2D eigenvalue weighted by molar-refractivity contribution is -0.137. The zero-order chi connectivity index (χ0) is 17.0. The van der Waals surface area contributed by atoms with Crippen molar-refractivity contribution in [1.29, 1.82) is 0 Å². The number of hydrogen-bond donors (Lipinski definition) is 0. The maximum absolute atomic E-state index is 12.8. The Labute approximate surface area is 140 Å². The summed E-state index contributed by atoms with van der Waals surface area (Å²) in [4.78, 5) is 2.23. The normalized spacial score (nSPS) is 16.5. The molecule has 1 nitrogen and oxygen atoms in total. The molecule has 24 heavy (non-hydrogen) atoms. The molecule has 0 saturated carbocycles. The standard InChI is InChI=1S/C20H18F3N/c21-20(22,23)18-11-9-17(10-12-18)19(24-14-4-5-15-24)13-8-16-6-2-1-3-7-16/h1-3,6-7,9-12,19H,4-5,14-15H2. The second-order valence-corrected chi connectivity index (χ2v) is 5.90. The van der Waals surface area contributed by atoms with Crippen LogP contribution in [0.5, 0.6) is 0 Å². The minimum Gasteiger partial charge on any atom is -0.286 e. The lowest BCUT2D eigenvalue weighted by Gasteiger charge is -2.23. The van der Waals surface area contributed by atoms with Crippen molar-refractivity contribution in [2.24, 2.45) is 0 Å². The Morgan fingerprint density at radius 2 is 1.50 bits per heavy atom. The van der Waals surface area contributed by atoms with Crippen LogP contribution in [-0.4, -0.2) is 18.0 Å². The second-order valence-electron chi connectivity index (χ2n) is 5.90. The van der Waals surface area contributed by atoms with Gasteiger partial charge in [-0.2, -0.15) is 13.2 Å². The first-order chi connectivity index (χ1) is 11.5. The summed E-state index contributed by atoms with van der Waals surface area (Å²) in [5, 5.41) is 0. The highest BCUT2D eigenvalue weighted by molar-refractivity contribution is 5.38. The van der Waals surface area contributed by atoms with E-state index < -0.39 is 11.7 Å². The number of halogens is 3. The summed E-state index contributed by atoms with van der Waals surface area (Å²) in [5.74, 6) is 6.40. The molecule has 124 valence electrons. The average molecular weight is 329 g/mol. The van der Waals surface area contributed by atoms with Gasteiger partial charge >= 0.3 is 6.18 Å². The molecule has 0 aliphatic carbocycles. The van der Waals surface area contributed by atoms with Crippen molar-refractivity contribution < 1.29 is 13.2 Å². The molecule has 0 radical (unpaired) electrons. The number of likely N-dealkylation sites (tertiary alicyclic amines) is 1. The predicted molar refractivity (Wildman–Crippen MR) is 88.3 cm³/mol. The molecule has 0 aromatic heterocycles. The fourth-order valence-electron chi connectivity index (χ4n) is 2.91. The summed E-state index contributed by atoms with van der Waals surface area (Å²) in [5.41, 5.74) is 1.10. The van der Waals surface area contributed by atoms with Crippen molar-refractivity contribution in [2.75, 3.05) is 13.1 Å². The van der Waals surface area contributed by atoms with E-state index >= 15 is 0 Å². The van der Waals surface area contributed by atoms with Gasteiger partial charge in [-0.1, -0.05) is 42.2 Å². The van der Waals surface area contributed by atoms with Crippen LogP contribution in [0.2, 0.25) is 0 Å². The molecule has 1 heterocycles. The van der Waals surface area contributed by atoms with Crippen LogP contribution in [0, 0.1) is 11.8 Å². The molecular weight excluding hydrogens is 311 g/mol. The molecule has 1 aliphatic rings. The van der Waals surface area contributed by atoms with Crippen molar-refractivity contribution in [3.63, 3.8) is 0 Å². The van der Waals surface area contributed by atoms with E-state index in [1.54, 1.807) is 12.1 Å². The predicted octanol–water partition coefficient (Wildman–Crippen LogP) is 4.89. The van der Waals surface area contributed by atoms with E-state index in [-0.39, 0.29) is 6.04 Å². The van der Waals surface area contributed by atoms with Crippen LogP contribution >= 0.6 is 0 Å². The molecule has 4 heteroatoms. The Kier molecular flexibility index (Phi) is 4.92. The van der Waals surface area contributed by atoms with Crippen LogP contribution in [0.1, 0.15) is 35.6 Å². The summed E-state index contributed by atoms with van der Waals surface area (Å²) < 4.78 is 38.3. The van der Waals surface area contributed by atoms with Crippen molar-refractivity contribution in [1.82, 2.24) is 4.90 Å². The van der Waals surface area contributed by atoms with Gasteiger partial charge in [0.05, 0.1) is 11.6 Å². The second kappa shape index (κ2) is 7.11. The molecule has 2 aromatic rings. The first-order valence-corrected chi connectivity index (χ1v) is 8.02. The summed E-state index contributed by atoms with van der Waals surface area (Å²) >= 11 is 0. The van der Waals surface area contributed by atoms with E-state index in [1.165, 1.54) is 0 Å². The summed E-state index contributed by atoms with van der Waals surface area (Å²) in [6, 6.07) is 14.8. The van der Waals surface area contributed by atoms with Crippen LogP contribution in [0.25, 0.3) is 0 Å². The summed E-state index contributed by atoms with van der Waals surface area (Å²) in [6.45, 7) is 1.85. The van der Waals surface area contributed by atoms with Gasteiger partial charge in [0, 0.05) is 5.56 Å². The average Bonchev–Trinajstić information content (AvgIpc) is 3.10. The number of hydrogen-bond acceptors (Lipinski definition) is 1. The maximum Gasteiger partial charge on any atom is 0.416 e. The van der Waals surface area contributed by atoms with Gasteiger partial charge in [-0.25, -0.2) is 0 Å². The molecule has 1 saturated heterocycles. The zero-order valence-electron chi connectivity index (χ0n) is 13.2. The molecule has 1 aliphatic heterocycles. The maximum atomic E-state index is 12.8. The van der Waals surface area contributed by atoms with Crippen LogP contribution in [0.4, 0.5) is 13.2 Å². The number of rotatable bonds is 2. The van der Waals surface area contributed by atoms with Crippen molar-refractivity contribution in [3.05, 3.63) is 71.3 Å². The van der Waals surface area contributed by atoms with E-state index in [1.807, 2.05) is 30.3 Å². The van der Waals surface area contributed by atoms with Crippen molar-refractivity contribution >= 4 is 0 Å². The van der Waals surface area contributed by atoms with Crippen LogP contribution in [0.15, 0.2) is 54.6 Å². The Morgan fingerprint density at radius 3 is 2.08 bits per heavy atom. The van der Waals surface area contributed by atoms with Gasteiger partial charge in [0.2, 0.25) is 0 Å². The minimum absolute atomic E-state index is 0.171. The molecule has 2 aromatic carbocycles. The van der Waals surface area contributed by atoms with Gasteiger partial charge in [-0.15, -0.1) is 0 Å². The highest BCUT2D eigenvalue weighted by atomic mass is 19.4.